The van der Waals surface area contributed by atoms with Crippen LogP contribution in [0.2, 0.25) is 0 Å². The van der Waals surface area contributed by atoms with Gasteiger partial charge >= 0.3 is 7.60 Å². The van der Waals surface area contributed by atoms with Gasteiger partial charge in [-0.15, -0.1) is 0 Å². The van der Waals surface area contributed by atoms with Gasteiger partial charge in [-0.3, -0.25) is 4.57 Å². The zero-order chi connectivity index (χ0) is 12.1. The van der Waals surface area contributed by atoms with Gasteiger partial charge in [0.15, 0.2) is 0 Å². The van der Waals surface area contributed by atoms with Gasteiger partial charge in [0.25, 0.3) is 0 Å². The summed E-state index contributed by atoms with van der Waals surface area (Å²) in [6.07, 6.45) is 0.0677. The van der Waals surface area contributed by atoms with E-state index < -0.39 is 7.60 Å². The lowest BCUT2D eigenvalue weighted by molar-refractivity contribution is -0.116. The summed E-state index contributed by atoms with van der Waals surface area (Å²) in [7, 11) is -3.11. The van der Waals surface area contributed by atoms with Crippen molar-refractivity contribution in [1.29, 1.82) is 0 Å². The molecule has 0 aliphatic rings. The Labute approximate surface area is 91.9 Å². The SMILES string of the molecule is CC(=O)CCP(=O)(OC(C)C)OC(C)C. The maximum Gasteiger partial charge on any atom is 0.331 e. The lowest BCUT2D eigenvalue weighted by Crippen LogP contribution is -2.11. The lowest BCUT2D eigenvalue weighted by atomic mass is 10.4. The van der Waals surface area contributed by atoms with Crippen molar-refractivity contribution in [2.45, 2.75) is 53.2 Å². The molecule has 0 aliphatic heterocycles. The van der Waals surface area contributed by atoms with Crippen LogP contribution in [-0.4, -0.2) is 24.2 Å². The molecule has 5 heteroatoms. The van der Waals surface area contributed by atoms with Gasteiger partial charge in [-0.1, -0.05) is 0 Å². The van der Waals surface area contributed by atoms with Crippen LogP contribution in [0.5, 0.6) is 0 Å². The van der Waals surface area contributed by atoms with Gasteiger partial charge in [-0.05, 0) is 34.6 Å². The number of hydrogen-bond donors (Lipinski definition) is 0. The van der Waals surface area contributed by atoms with E-state index in [9.17, 15) is 9.36 Å². The van der Waals surface area contributed by atoms with E-state index >= 15 is 0 Å². The third-order valence-electron chi connectivity index (χ3n) is 1.48. The predicted octanol–water partition coefficient (Wildman–Crippen LogP) is 3.01. The number of hydrogen-bond acceptors (Lipinski definition) is 4. The van der Waals surface area contributed by atoms with Crippen molar-refractivity contribution >= 4 is 13.4 Å². The molecular weight excluding hydrogens is 215 g/mol. The molecule has 0 bridgehead atoms. The third-order valence-corrected chi connectivity index (χ3v) is 3.74. The van der Waals surface area contributed by atoms with E-state index in [2.05, 4.69) is 0 Å². The van der Waals surface area contributed by atoms with Gasteiger partial charge in [-0.2, -0.15) is 0 Å². The standard InChI is InChI=1S/C10H21O4P/c1-8(2)13-15(12,14-9(3)4)7-6-10(5)11/h8-9H,6-7H2,1-5H3. The normalized spacial score (nSPS) is 12.5. The van der Waals surface area contributed by atoms with Gasteiger partial charge in [0.1, 0.15) is 5.78 Å². The van der Waals surface area contributed by atoms with Crippen LogP contribution in [0, 0.1) is 0 Å². The van der Waals surface area contributed by atoms with Crippen LogP contribution >= 0.6 is 7.60 Å². The minimum Gasteiger partial charge on any atom is -0.306 e. The van der Waals surface area contributed by atoms with E-state index in [4.69, 9.17) is 9.05 Å². The summed E-state index contributed by atoms with van der Waals surface area (Å²) in [6, 6.07) is 0. The second kappa shape index (κ2) is 6.41. The molecule has 4 nitrogen and oxygen atoms in total. The van der Waals surface area contributed by atoms with Gasteiger partial charge in [0, 0.05) is 6.42 Å². The largest absolute Gasteiger partial charge is 0.331 e. The first-order valence-corrected chi connectivity index (χ1v) is 6.93. The summed E-state index contributed by atoms with van der Waals surface area (Å²) in [5.74, 6) is -0.00469. The van der Waals surface area contributed by atoms with Crippen molar-refractivity contribution in [3.8, 4) is 0 Å². The molecule has 0 spiro atoms. The highest BCUT2D eigenvalue weighted by molar-refractivity contribution is 7.53. The lowest BCUT2D eigenvalue weighted by Gasteiger charge is -2.22. The molecule has 0 heterocycles. The zero-order valence-corrected chi connectivity index (χ0v) is 11.0. The van der Waals surface area contributed by atoms with E-state index in [0.29, 0.717) is 0 Å². The summed E-state index contributed by atoms with van der Waals surface area (Å²) in [5.41, 5.74) is 0. The van der Waals surface area contributed by atoms with Crippen molar-refractivity contribution in [3.63, 3.8) is 0 Å². The number of carbonyl (C=O) groups excluding carboxylic acids is 1. The highest BCUT2D eigenvalue weighted by atomic mass is 31.2. The molecule has 0 saturated heterocycles. The van der Waals surface area contributed by atoms with Gasteiger partial charge in [0.05, 0.1) is 18.4 Å². The third kappa shape index (κ3) is 7.71. The van der Waals surface area contributed by atoms with E-state index in [1.54, 1.807) is 27.7 Å². The molecule has 90 valence electrons. The number of ketones is 1. The fourth-order valence-electron chi connectivity index (χ4n) is 1.07. The molecule has 0 N–H and O–H groups in total. The van der Waals surface area contributed by atoms with Gasteiger partial charge in [-0.25, -0.2) is 0 Å². The summed E-state index contributed by atoms with van der Waals surface area (Å²) in [4.78, 5) is 10.8. The van der Waals surface area contributed by atoms with Crippen LogP contribution in [0.3, 0.4) is 0 Å². The molecule has 0 fully saturated rings. The van der Waals surface area contributed by atoms with Crippen LogP contribution in [0.1, 0.15) is 41.0 Å². The number of rotatable bonds is 7. The van der Waals surface area contributed by atoms with Crippen molar-refractivity contribution in [1.82, 2.24) is 0 Å². The van der Waals surface area contributed by atoms with Crippen LogP contribution in [0.4, 0.5) is 0 Å². The molecule has 0 aromatic rings. The predicted molar refractivity (Wildman–Crippen MR) is 60.2 cm³/mol. The van der Waals surface area contributed by atoms with E-state index in [-0.39, 0.29) is 30.6 Å². The average Bonchev–Trinajstić information content (AvgIpc) is 1.97. The fourth-order valence-corrected chi connectivity index (χ4v) is 3.20. The maximum atomic E-state index is 12.1. The fraction of sp³-hybridized carbons (Fsp3) is 0.900. The topological polar surface area (TPSA) is 52.6 Å². The molecule has 0 unspecified atom stereocenters. The molecular formula is C10H21O4P. The molecule has 0 saturated carbocycles. The van der Waals surface area contributed by atoms with Crippen molar-refractivity contribution in [2.75, 3.05) is 6.16 Å². The first-order valence-electron chi connectivity index (χ1n) is 5.20. The molecule has 0 atom stereocenters. The molecule has 15 heavy (non-hydrogen) atoms. The Balaban J connectivity index is 4.40. The molecule has 0 aromatic carbocycles. The van der Waals surface area contributed by atoms with Gasteiger partial charge < -0.3 is 13.8 Å². The van der Waals surface area contributed by atoms with Crippen molar-refractivity contribution in [3.05, 3.63) is 0 Å². The summed E-state index contributed by atoms with van der Waals surface area (Å²) in [5, 5.41) is 0. The van der Waals surface area contributed by atoms with E-state index in [1.165, 1.54) is 6.92 Å². The minimum absolute atomic E-state index is 0.00469. The van der Waals surface area contributed by atoms with Crippen LogP contribution in [0.25, 0.3) is 0 Å². The number of carbonyl (C=O) groups is 1. The molecule has 0 aromatic heterocycles. The van der Waals surface area contributed by atoms with E-state index in [0.717, 1.165) is 0 Å². The zero-order valence-electron chi connectivity index (χ0n) is 10.1. The first-order chi connectivity index (χ1) is 6.75. The number of Topliss-reactive ketones (excluding diaryl/α,β-unsaturated/α-hetero) is 1. The Morgan fingerprint density at radius 2 is 1.53 bits per heavy atom. The molecule has 0 amide bonds. The highest BCUT2D eigenvalue weighted by Crippen LogP contribution is 2.50. The summed E-state index contributed by atoms with van der Waals surface area (Å²) in [6.45, 7) is 8.65. The molecule has 0 radical (unpaired) electrons. The van der Waals surface area contributed by atoms with E-state index in [1.807, 2.05) is 0 Å². The monoisotopic (exact) mass is 236 g/mol. The van der Waals surface area contributed by atoms with Crippen LogP contribution in [0.15, 0.2) is 0 Å². The Bertz CT molecular complexity index is 234. The van der Waals surface area contributed by atoms with Crippen LogP contribution < -0.4 is 0 Å². The second-order valence-corrected chi connectivity index (χ2v) is 6.19. The Hall–Kier alpha value is -0.180. The van der Waals surface area contributed by atoms with Gasteiger partial charge in [0.2, 0.25) is 0 Å². The van der Waals surface area contributed by atoms with Crippen LogP contribution in [-0.2, 0) is 18.4 Å². The highest BCUT2D eigenvalue weighted by Gasteiger charge is 2.27. The summed E-state index contributed by atoms with van der Waals surface area (Å²) < 4.78 is 22.7. The maximum absolute atomic E-state index is 12.1. The van der Waals surface area contributed by atoms with Crippen molar-refractivity contribution < 1.29 is 18.4 Å². The smallest absolute Gasteiger partial charge is 0.306 e. The Morgan fingerprint density at radius 3 is 1.80 bits per heavy atom. The molecule has 0 aliphatic carbocycles. The average molecular weight is 236 g/mol. The second-order valence-electron chi connectivity index (χ2n) is 4.09. The minimum atomic E-state index is -3.11. The first kappa shape index (κ1) is 14.8. The Kier molecular flexibility index (Phi) is 6.34. The molecule has 0 rings (SSSR count). The quantitative estimate of drug-likeness (QED) is 0.637. The Morgan fingerprint density at radius 1 is 1.13 bits per heavy atom. The van der Waals surface area contributed by atoms with Crippen molar-refractivity contribution in [2.24, 2.45) is 0 Å². The summed E-state index contributed by atoms with van der Waals surface area (Å²) >= 11 is 0.